The number of fused-ring (bicyclic) bond motifs is 1. The number of imidazole rings is 1. The summed E-state index contributed by atoms with van der Waals surface area (Å²) in [4.78, 5) is 4.56. The van der Waals surface area contributed by atoms with Crippen molar-refractivity contribution in [1.82, 2.24) is 9.55 Å². The highest BCUT2D eigenvalue weighted by Crippen LogP contribution is 2.29. The van der Waals surface area contributed by atoms with Crippen LogP contribution in [0.3, 0.4) is 0 Å². The smallest absolute Gasteiger partial charge is 0.116 e. The maximum absolute atomic E-state index is 9.80. The zero-order chi connectivity index (χ0) is 18.9. The van der Waals surface area contributed by atoms with Crippen LogP contribution in [0.1, 0.15) is 0 Å². The Morgan fingerprint density at radius 1 is 0.607 bits per heavy atom. The summed E-state index contributed by atoms with van der Waals surface area (Å²) in [7, 11) is 0. The van der Waals surface area contributed by atoms with Crippen molar-refractivity contribution >= 4 is 11.0 Å². The Labute approximate surface area is 163 Å². The number of hydrogen-bond acceptors (Lipinski definition) is 2. The minimum atomic E-state index is 0.265. The molecular weight excluding hydrogens is 344 g/mol. The Morgan fingerprint density at radius 2 is 1.32 bits per heavy atom. The zero-order valence-electron chi connectivity index (χ0n) is 15.2. The van der Waals surface area contributed by atoms with E-state index in [1.54, 1.807) is 12.1 Å². The van der Waals surface area contributed by atoms with Crippen molar-refractivity contribution in [3.05, 3.63) is 103 Å². The molecule has 5 rings (SSSR count). The molecule has 0 fully saturated rings. The Balaban J connectivity index is 1.63. The van der Waals surface area contributed by atoms with Gasteiger partial charge in [0, 0.05) is 5.69 Å². The van der Waals surface area contributed by atoms with E-state index >= 15 is 0 Å². The lowest BCUT2D eigenvalue weighted by molar-refractivity contribution is 0.475. The number of phenolic OH excluding ortho intramolecular Hbond substituents is 1. The highest BCUT2D eigenvalue weighted by atomic mass is 16.3. The molecule has 1 heterocycles. The average molecular weight is 362 g/mol. The van der Waals surface area contributed by atoms with Crippen LogP contribution >= 0.6 is 0 Å². The second-order valence-electron chi connectivity index (χ2n) is 6.78. The summed E-state index contributed by atoms with van der Waals surface area (Å²) >= 11 is 0. The molecule has 28 heavy (non-hydrogen) atoms. The van der Waals surface area contributed by atoms with Gasteiger partial charge >= 0.3 is 0 Å². The first-order valence-corrected chi connectivity index (χ1v) is 9.20. The van der Waals surface area contributed by atoms with Crippen LogP contribution in [0.25, 0.3) is 39.0 Å². The number of benzene rings is 4. The summed E-state index contributed by atoms with van der Waals surface area (Å²) in [5, 5.41) is 9.80. The van der Waals surface area contributed by atoms with Gasteiger partial charge in [0.05, 0.1) is 11.0 Å². The average Bonchev–Trinajstić information content (AvgIpc) is 3.18. The maximum atomic E-state index is 9.80. The summed E-state index contributed by atoms with van der Waals surface area (Å²) in [6, 6.07) is 32.3. The molecule has 0 aliphatic heterocycles. The second-order valence-corrected chi connectivity index (χ2v) is 6.78. The van der Waals surface area contributed by atoms with Crippen molar-refractivity contribution in [1.29, 1.82) is 0 Å². The highest BCUT2D eigenvalue weighted by Gasteiger charge is 2.08. The van der Waals surface area contributed by atoms with Gasteiger partial charge in [-0.15, -0.1) is 0 Å². The molecule has 0 spiro atoms. The molecule has 5 aromatic rings. The Hall–Kier alpha value is -3.85. The first-order valence-electron chi connectivity index (χ1n) is 9.20. The molecule has 0 radical (unpaired) electrons. The van der Waals surface area contributed by atoms with Crippen LogP contribution < -0.4 is 0 Å². The molecule has 1 N–H and O–H groups in total. The molecule has 0 saturated carbocycles. The van der Waals surface area contributed by atoms with Gasteiger partial charge in [0.15, 0.2) is 0 Å². The van der Waals surface area contributed by atoms with Crippen LogP contribution in [-0.4, -0.2) is 14.7 Å². The van der Waals surface area contributed by atoms with E-state index in [2.05, 4.69) is 64.1 Å². The molecule has 134 valence electrons. The molecule has 0 bridgehead atoms. The van der Waals surface area contributed by atoms with Crippen LogP contribution in [-0.2, 0) is 0 Å². The molecule has 0 saturated heterocycles. The molecule has 0 aliphatic carbocycles. The summed E-state index contributed by atoms with van der Waals surface area (Å²) < 4.78 is 2.11. The molecule has 3 heteroatoms. The lowest BCUT2D eigenvalue weighted by Crippen LogP contribution is -1.92. The number of rotatable bonds is 3. The lowest BCUT2D eigenvalue weighted by atomic mass is 10.0. The van der Waals surface area contributed by atoms with Gasteiger partial charge in [-0.3, -0.25) is 4.57 Å². The van der Waals surface area contributed by atoms with E-state index < -0.39 is 0 Å². The van der Waals surface area contributed by atoms with Gasteiger partial charge in [0.1, 0.15) is 12.1 Å². The molecule has 0 amide bonds. The number of hydrogen-bond donors (Lipinski definition) is 1. The molecule has 0 unspecified atom stereocenters. The number of nitrogens with zero attached hydrogens (tertiary/aromatic N) is 2. The van der Waals surface area contributed by atoms with E-state index in [4.69, 9.17) is 0 Å². The first-order chi connectivity index (χ1) is 13.8. The van der Waals surface area contributed by atoms with Crippen LogP contribution in [0, 0.1) is 0 Å². The van der Waals surface area contributed by atoms with E-state index in [1.165, 1.54) is 11.1 Å². The fourth-order valence-corrected chi connectivity index (χ4v) is 3.54. The third-order valence-electron chi connectivity index (χ3n) is 4.96. The SMILES string of the molecule is Oc1cccc(-c2ccc3ncn(-c4cccc(-c5ccccc5)c4)c3c2)c1. The molecule has 1 aromatic heterocycles. The van der Waals surface area contributed by atoms with Crippen molar-refractivity contribution in [2.24, 2.45) is 0 Å². The van der Waals surface area contributed by atoms with Crippen LogP contribution in [0.5, 0.6) is 5.75 Å². The summed E-state index contributed by atoms with van der Waals surface area (Å²) in [6.45, 7) is 0. The van der Waals surface area contributed by atoms with Gasteiger partial charge in [0.2, 0.25) is 0 Å². The summed E-state index contributed by atoms with van der Waals surface area (Å²) in [5.41, 5.74) is 7.42. The predicted octanol–water partition coefficient (Wildman–Crippen LogP) is 6.07. The van der Waals surface area contributed by atoms with Gasteiger partial charge in [-0.1, -0.05) is 60.7 Å². The fourth-order valence-electron chi connectivity index (χ4n) is 3.54. The Bertz CT molecular complexity index is 1270. The van der Waals surface area contributed by atoms with Gasteiger partial charge in [-0.2, -0.15) is 0 Å². The van der Waals surface area contributed by atoms with Crippen LogP contribution in [0.2, 0.25) is 0 Å². The molecule has 0 atom stereocenters. The van der Waals surface area contributed by atoms with Gasteiger partial charge in [0.25, 0.3) is 0 Å². The molecule has 4 aromatic carbocycles. The van der Waals surface area contributed by atoms with Gasteiger partial charge < -0.3 is 5.11 Å². The highest BCUT2D eigenvalue weighted by molar-refractivity contribution is 5.84. The van der Waals surface area contributed by atoms with Crippen molar-refractivity contribution in [3.8, 4) is 33.7 Å². The number of aromatic hydroxyl groups is 1. The Kier molecular flexibility index (Phi) is 3.91. The molecule has 0 aliphatic rings. The predicted molar refractivity (Wildman–Crippen MR) is 114 cm³/mol. The van der Waals surface area contributed by atoms with Crippen LogP contribution in [0.4, 0.5) is 0 Å². The number of phenols is 1. The third kappa shape index (κ3) is 2.93. The fraction of sp³-hybridized carbons (Fsp3) is 0. The van der Waals surface area contributed by atoms with Crippen molar-refractivity contribution < 1.29 is 5.11 Å². The van der Waals surface area contributed by atoms with Crippen LogP contribution in [0.15, 0.2) is 103 Å². The monoisotopic (exact) mass is 362 g/mol. The Morgan fingerprint density at radius 3 is 2.14 bits per heavy atom. The molecule has 3 nitrogen and oxygen atoms in total. The van der Waals surface area contributed by atoms with Crippen molar-refractivity contribution in [2.75, 3.05) is 0 Å². The normalized spacial score (nSPS) is 11.0. The quantitative estimate of drug-likeness (QED) is 0.423. The van der Waals surface area contributed by atoms with Gasteiger partial charge in [-0.25, -0.2) is 4.98 Å². The van der Waals surface area contributed by atoms with Crippen molar-refractivity contribution in [3.63, 3.8) is 0 Å². The van der Waals surface area contributed by atoms with E-state index in [1.807, 2.05) is 36.7 Å². The first kappa shape index (κ1) is 16.3. The summed E-state index contributed by atoms with van der Waals surface area (Å²) in [6.07, 6.45) is 1.86. The minimum Gasteiger partial charge on any atom is -0.508 e. The summed E-state index contributed by atoms with van der Waals surface area (Å²) in [5.74, 6) is 0.265. The largest absolute Gasteiger partial charge is 0.508 e. The second kappa shape index (κ2) is 6.71. The van der Waals surface area contributed by atoms with E-state index in [0.717, 1.165) is 27.8 Å². The topological polar surface area (TPSA) is 38.1 Å². The minimum absolute atomic E-state index is 0.265. The number of aromatic nitrogens is 2. The standard InChI is InChI=1S/C25H18N2O/c28-23-11-5-9-20(15-23)21-12-13-24-25(16-21)27(17-26-24)22-10-4-8-19(14-22)18-6-2-1-3-7-18/h1-17,28H. The lowest BCUT2D eigenvalue weighted by Gasteiger charge is -2.09. The van der Waals surface area contributed by atoms with Crippen molar-refractivity contribution in [2.45, 2.75) is 0 Å². The van der Waals surface area contributed by atoms with E-state index in [9.17, 15) is 5.11 Å². The maximum Gasteiger partial charge on any atom is 0.116 e. The molecular formula is C25H18N2O. The zero-order valence-corrected chi connectivity index (χ0v) is 15.2. The third-order valence-corrected chi connectivity index (χ3v) is 4.96. The van der Waals surface area contributed by atoms with E-state index in [0.29, 0.717) is 0 Å². The van der Waals surface area contributed by atoms with Gasteiger partial charge in [-0.05, 0) is 58.7 Å². The van der Waals surface area contributed by atoms with E-state index in [-0.39, 0.29) is 5.75 Å².